The molecule has 0 saturated carbocycles. The molecular formula is C14H20N2O3S. The monoisotopic (exact) mass is 296 g/mol. The van der Waals surface area contributed by atoms with E-state index < -0.39 is 0 Å². The molecule has 0 radical (unpaired) electrons. The summed E-state index contributed by atoms with van der Waals surface area (Å²) < 4.78 is 5.01. The lowest BCUT2D eigenvalue weighted by atomic mass is 10.2. The molecular weight excluding hydrogens is 276 g/mol. The first kappa shape index (κ1) is 15.0. The summed E-state index contributed by atoms with van der Waals surface area (Å²) >= 11 is 1.44. The van der Waals surface area contributed by atoms with Crippen molar-refractivity contribution in [2.45, 2.75) is 13.3 Å². The molecule has 0 aromatic carbocycles. The van der Waals surface area contributed by atoms with Gasteiger partial charge in [0.05, 0.1) is 11.5 Å². The van der Waals surface area contributed by atoms with Gasteiger partial charge in [0.1, 0.15) is 6.54 Å². The highest BCUT2D eigenvalue weighted by molar-refractivity contribution is 7.12. The zero-order chi connectivity index (χ0) is 14.5. The number of carbonyl (C=O) groups is 2. The molecule has 2 heterocycles. The van der Waals surface area contributed by atoms with Crippen molar-refractivity contribution < 1.29 is 14.3 Å². The smallest absolute Gasteiger partial charge is 0.264 e. The van der Waals surface area contributed by atoms with Crippen LogP contribution in [-0.2, 0) is 9.53 Å². The maximum atomic E-state index is 12.4. The summed E-state index contributed by atoms with van der Waals surface area (Å²) in [6.07, 6.45) is 0.811. The van der Waals surface area contributed by atoms with Crippen LogP contribution < -0.4 is 0 Å². The summed E-state index contributed by atoms with van der Waals surface area (Å²) in [5, 5.41) is 1.91. The Morgan fingerprint density at radius 2 is 2.25 bits per heavy atom. The molecule has 1 saturated heterocycles. The molecule has 20 heavy (non-hydrogen) atoms. The normalized spacial score (nSPS) is 16.4. The first-order chi connectivity index (χ1) is 9.63. The Bertz CT molecular complexity index is 487. The SMILES string of the molecule is COCCN1CCCN(C(=O)c2sccc2C)CC1=O. The van der Waals surface area contributed by atoms with Crippen molar-refractivity contribution in [2.24, 2.45) is 0 Å². The summed E-state index contributed by atoms with van der Waals surface area (Å²) in [6, 6.07) is 1.93. The number of hydrogen-bond donors (Lipinski definition) is 0. The lowest BCUT2D eigenvalue weighted by molar-refractivity contribution is -0.131. The van der Waals surface area contributed by atoms with E-state index in [1.807, 2.05) is 18.4 Å². The maximum absolute atomic E-state index is 12.4. The van der Waals surface area contributed by atoms with Gasteiger partial charge in [0.2, 0.25) is 5.91 Å². The third-order valence-corrected chi connectivity index (χ3v) is 4.45. The Labute approximate surface area is 123 Å². The fourth-order valence-electron chi connectivity index (χ4n) is 2.27. The molecule has 0 unspecified atom stereocenters. The van der Waals surface area contributed by atoms with Crippen molar-refractivity contribution in [1.29, 1.82) is 0 Å². The number of methoxy groups -OCH3 is 1. The zero-order valence-corrected chi connectivity index (χ0v) is 12.7. The Morgan fingerprint density at radius 1 is 1.45 bits per heavy atom. The van der Waals surface area contributed by atoms with E-state index in [0.29, 0.717) is 26.2 Å². The molecule has 1 aromatic rings. The van der Waals surface area contributed by atoms with Crippen LogP contribution in [0, 0.1) is 6.92 Å². The zero-order valence-electron chi connectivity index (χ0n) is 11.9. The summed E-state index contributed by atoms with van der Waals surface area (Å²) in [7, 11) is 1.62. The third-order valence-electron chi connectivity index (χ3n) is 3.44. The topological polar surface area (TPSA) is 49.9 Å². The van der Waals surface area contributed by atoms with Crippen molar-refractivity contribution in [1.82, 2.24) is 9.80 Å². The van der Waals surface area contributed by atoms with Crippen LogP contribution in [0.25, 0.3) is 0 Å². The second kappa shape index (κ2) is 6.85. The van der Waals surface area contributed by atoms with Gasteiger partial charge in [-0.1, -0.05) is 0 Å². The van der Waals surface area contributed by atoms with Crippen molar-refractivity contribution >= 4 is 23.2 Å². The van der Waals surface area contributed by atoms with Gasteiger partial charge in [0.15, 0.2) is 0 Å². The van der Waals surface area contributed by atoms with E-state index in [1.165, 1.54) is 11.3 Å². The first-order valence-corrected chi connectivity index (χ1v) is 7.61. The summed E-state index contributed by atoms with van der Waals surface area (Å²) in [5.41, 5.74) is 0.980. The highest BCUT2D eigenvalue weighted by atomic mass is 32.1. The van der Waals surface area contributed by atoms with Gasteiger partial charge >= 0.3 is 0 Å². The Balaban J connectivity index is 2.03. The number of hydrogen-bond acceptors (Lipinski definition) is 4. The number of rotatable bonds is 4. The molecule has 1 aliphatic rings. The molecule has 2 rings (SSSR count). The van der Waals surface area contributed by atoms with Gasteiger partial charge in [0.25, 0.3) is 5.91 Å². The number of thiophene rings is 1. The van der Waals surface area contributed by atoms with E-state index in [9.17, 15) is 9.59 Å². The van der Waals surface area contributed by atoms with Crippen LogP contribution in [0.15, 0.2) is 11.4 Å². The molecule has 5 nitrogen and oxygen atoms in total. The van der Waals surface area contributed by atoms with Crippen LogP contribution >= 0.6 is 11.3 Å². The minimum atomic E-state index is -0.0283. The van der Waals surface area contributed by atoms with Gasteiger partial charge in [-0.05, 0) is 30.4 Å². The van der Waals surface area contributed by atoms with Crippen molar-refractivity contribution in [3.63, 3.8) is 0 Å². The molecule has 1 fully saturated rings. The first-order valence-electron chi connectivity index (χ1n) is 6.73. The highest BCUT2D eigenvalue weighted by Crippen LogP contribution is 2.19. The molecule has 1 aliphatic heterocycles. The van der Waals surface area contributed by atoms with Gasteiger partial charge < -0.3 is 14.5 Å². The van der Waals surface area contributed by atoms with Gasteiger partial charge in [-0.25, -0.2) is 0 Å². The van der Waals surface area contributed by atoms with Crippen molar-refractivity contribution in [3.05, 3.63) is 21.9 Å². The number of nitrogens with zero attached hydrogens (tertiary/aromatic N) is 2. The molecule has 0 N–H and O–H groups in total. The van der Waals surface area contributed by atoms with E-state index in [1.54, 1.807) is 16.9 Å². The number of aryl methyl sites for hydroxylation is 1. The van der Waals surface area contributed by atoms with Crippen molar-refractivity contribution in [3.8, 4) is 0 Å². The summed E-state index contributed by atoms with van der Waals surface area (Å²) in [5.74, 6) is -0.0263. The molecule has 0 atom stereocenters. The second-order valence-electron chi connectivity index (χ2n) is 4.89. The maximum Gasteiger partial charge on any atom is 0.264 e. The molecule has 6 heteroatoms. The lowest BCUT2D eigenvalue weighted by Crippen LogP contribution is -2.40. The van der Waals surface area contributed by atoms with Crippen LogP contribution in [0.2, 0.25) is 0 Å². The largest absolute Gasteiger partial charge is 0.383 e. The van der Waals surface area contributed by atoms with Crippen LogP contribution in [0.4, 0.5) is 0 Å². The Hall–Kier alpha value is -1.40. The van der Waals surface area contributed by atoms with Crippen LogP contribution in [0.1, 0.15) is 21.7 Å². The van der Waals surface area contributed by atoms with Crippen LogP contribution in [-0.4, -0.2) is 61.5 Å². The number of ether oxygens (including phenoxy) is 1. The van der Waals surface area contributed by atoms with Gasteiger partial charge in [0, 0.05) is 26.7 Å². The van der Waals surface area contributed by atoms with E-state index in [4.69, 9.17) is 4.74 Å². The average molecular weight is 296 g/mol. The van der Waals surface area contributed by atoms with Gasteiger partial charge in [-0.2, -0.15) is 0 Å². The van der Waals surface area contributed by atoms with Crippen LogP contribution in [0.5, 0.6) is 0 Å². The third kappa shape index (κ3) is 3.37. The lowest BCUT2D eigenvalue weighted by Gasteiger charge is -2.21. The minimum absolute atomic E-state index is 0.00195. The van der Waals surface area contributed by atoms with Gasteiger partial charge in [-0.3, -0.25) is 9.59 Å². The summed E-state index contributed by atoms with van der Waals surface area (Å²) in [6.45, 7) is 4.54. The predicted octanol–water partition coefficient (Wildman–Crippen LogP) is 1.38. The highest BCUT2D eigenvalue weighted by Gasteiger charge is 2.26. The molecule has 0 aliphatic carbocycles. The van der Waals surface area contributed by atoms with Crippen molar-refractivity contribution in [2.75, 3.05) is 39.9 Å². The fraction of sp³-hybridized carbons (Fsp3) is 0.571. The molecule has 0 spiro atoms. The second-order valence-corrected chi connectivity index (χ2v) is 5.80. The summed E-state index contributed by atoms with van der Waals surface area (Å²) in [4.78, 5) is 28.8. The van der Waals surface area contributed by atoms with Crippen LogP contribution in [0.3, 0.4) is 0 Å². The molecule has 1 aromatic heterocycles. The van der Waals surface area contributed by atoms with E-state index in [2.05, 4.69) is 0 Å². The quantitative estimate of drug-likeness (QED) is 0.843. The molecule has 0 bridgehead atoms. The minimum Gasteiger partial charge on any atom is -0.383 e. The predicted molar refractivity (Wildman–Crippen MR) is 78.0 cm³/mol. The number of amides is 2. The molecule has 2 amide bonds. The van der Waals surface area contributed by atoms with Gasteiger partial charge in [-0.15, -0.1) is 11.3 Å². The van der Waals surface area contributed by atoms with E-state index >= 15 is 0 Å². The molecule has 110 valence electrons. The Kier molecular flexibility index (Phi) is 5.14. The van der Waals surface area contributed by atoms with E-state index in [-0.39, 0.29) is 18.4 Å². The fourth-order valence-corrected chi connectivity index (χ4v) is 3.16. The average Bonchev–Trinajstić information content (AvgIpc) is 2.77. The standard InChI is InChI=1S/C14H20N2O3S/c1-11-4-9-20-13(11)14(18)16-6-3-5-15(7-8-19-2)12(17)10-16/h4,9H,3,5-8,10H2,1-2H3. The Morgan fingerprint density at radius 3 is 2.90 bits per heavy atom. The number of carbonyl (C=O) groups excluding carboxylic acids is 2. The van der Waals surface area contributed by atoms with E-state index in [0.717, 1.165) is 16.9 Å².